The quantitative estimate of drug-likeness (QED) is 0.534. The molecule has 0 atom stereocenters. The SMILES string of the molecule is O=C(Nc1ccc(NC(=O)N2CCCCCC2)cc1)c1cc2ccc(Cl)cc2[nH]1. The number of likely N-dealkylation sites (tertiary alicyclic amines) is 1. The van der Waals surface area contributed by atoms with E-state index in [1.54, 1.807) is 42.5 Å². The van der Waals surface area contributed by atoms with Crippen molar-refractivity contribution in [2.75, 3.05) is 23.7 Å². The molecule has 0 saturated carbocycles. The van der Waals surface area contributed by atoms with Crippen molar-refractivity contribution in [3.63, 3.8) is 0 Å². The third-order valence-electron chi connectivity index (χ3n) is 5.12. The predicted octanol–water partition coefficient (Wildman–Crippen LogP) is 5.48. The molecule has 2 heterocycles. The molecule has 1 saturated heterocycles. The van der Waals surface area contributed by atoms with Crippen molar-refractivity contribution in [2.24, 2.45) is 0 Å². The van der Waals surface area contributed by atoms with Gasteiger partial charge in [0.1, 0.15) is 5.69 Å². The van der Waals surface area contributed by atoms with E-state index in [0.29, 0.717) is 22.1 Å². The molecule has 3 N–H and O–H groups in total. The van der Waals surface area contributed by atoms with Crippen molar-refractivity contribution in [1.29, 1.82) is 0 Å². The Hall–Kier alpha value is -2.99. The van der Waals surface area contributed by atoms with Gasteiger partial charge in [0, 0.05) is 40.4 Å². The maximum Gasteiger partial charge on any atom is 0.321 e. The van der Waals surface area contributed by atoms with Crippen LogP contribution in [0.25, 0.3) is 10.9 Å². The van der Waals surface area contributed by atoms with E-state index in [9.17, 15) is 9.59 Å². The van der Waals surface area contributed by atoms with Crippen LogP contribution in [0, 0.1) is 0 Å². The lowest BCUT2D eigenvalue weighted by atomic mass is 10.2. The van der Waals surface area contributed by atoms with Crippen LogP contribution < -0.4 is 10.6 Å². The first-order chi connectivity index (χ1) is 14.1. The smallest absolute Gasteiger partial charge is 0.321 e. The number of amides is 3. The van der Waals surface area contributed by atoms with Crippen molar-refractivity contribution in [1.82, 2.24) is 9.88 Å². The normalized spacial score (nSPS) is 14.4. The average molecular weight is 411 g/mol. The summed E-state index contributed by atoms with van der Waals surface area (Å²) in [6, 6.07) is 14.3. The van der Waals surface area contributed by atoms with Crippen molar-refractivity contribution in [2.45, 2.75) is 25.7 Å². The standard InChI is InChI=1S/C22H23ClN4O2/c23-16-6-5-15-13-20(26-19(15)14-16)21(28)24-17-7-9-18(10-8-17)25-22(29)27-11-3-1-2-4-12-27/h5-10,13-14,26H,1-4,11-12H2,(H,24,28)(H,25,29). The molecule has 4 rings (SSSR count). The Morgan fingerprint density at radius 1 is 0.862 bits per heavy atom. The first-order valence-electron chi connectivity index (χ1n) is 9.84. The number of fused-ring (bicyclic) bond motifs is 1. The van der Waals surface area contributed by atoms with Crippen molar-refractivity contribution in [3.05, 3.63) is 59.2 Å². The first kappa shape index (κ1) is 19.3. The third kappa shape index (κ3) is 4.71. The second kappa shape index (κ2) is 8.57. The number of hydrogen-bond donors (Lipinski definition) is 3. The molecular weight excluding hydrogens is 388 g/mol. The molecule has 7 heteroatoms. The maximum atomic E-state index is 12.5. The van der Waals surface area contributed by atoms with Crippen LogP contribution in [0.1, 0.15) is 36.2 Å². The summed E-state index contributed by atoms with van der Waals surface area (Å²) in [5, 5.41) is 7.33. The molecule has 1 fully saturated rings. The van der Waals surface area contributed by atoms with E-state index in [0.717, 1.165) is 36.8 Å². The molecule has 0 spiro atoms. The lowest BCUT2D eigenvalue weighted by Crippen LogP contribution is -2.35. The number of H-pyrrole nitrogens is 1. The van der Waals surface area contributed by atoms with E-state index < -0.39 is 0 Å². The van der Waals surface area contributed by atoms with Gasteiger partial charge in [0.2, 0.25) is 0 Å². The van der Waals surface area contributed by atoms with Gasteiger partial charge in [-0.05, 0) is 55.3 Å². The number of anilines is 2. The molecule has 1 aliphatic heterocycles. The Morgan fingerprint density at radius 3 is 2.21 bits per heavy atom. The van der Waals surface area contributed by atoms with Crippen molar-refractivity contribution >= 4 is 45.8 Å². The lowest BCUT2D eigenvalue weighted by molar-refractivity contribution is 0.102. The second-order valence-corrected chi connectivity index (χ2v) is 7.71. The fourth-order valence-corrected chi connectivity index (χ4v) is 3.71. The number of carbonyl (C=O) groups excluding carboxylic acids is 2. The summed E-state index contributed by atoms with van der Waals surface area (Å²) < 4.78 is 0. The number of urea groups is 1. The number of benzene rings is 2. The zero-order valence-corrected chi connectivity index (χ0v) is 16.8. The van der Waals surface area contributed by atoms with Crippen molar-refractivity contribution in [3.8, 4) is 0 Å². The Kier molecular flexibility index (Phi) is 5.71. The topological polar surface area (TPSA) is 77.2 Å². The highest BCUT2D eigenvalue weighted by atomic mass is 35.5. The number of halogens is 1. The van der Waals surface area contributed by atoms with E-state index in [-0.39, 0.29) is 11.9 Å². The van der Waals surface area contributed by atoms with E-state index >= 15 is 0 Å². The molecule has 0 bridgehead atoms. The lowest BCUT2D eigenvalue weighted by Gasteiger charge is -2.20. The van der Waals surface area contributed by atoms with Gasteiger partial charge in [-0.1, -0.05) is 30.5 Å². The van der Waals surface area contributed by atoms with Gasteiger partial charge in [-0.3, -0.25) is 4.79 Å². The highest BCUT2D eigenvalue weighted by Gasteiger charge is 2.15. The minimum Gasteiger partial charge on any atom is -0.350 e. The monoisotopic (exact) mass is 410 g/mol. The second-order valence-electron chi connectivity index (χ2n) is 7.28. The highest BCUT2D eigenvalue weighted by molar-refractivity contribution is 6.31. The number of nitrogens with one attached hydrogen (secondary N) is 3. The van der Waals surface area contributed by atoms with Crippen LogP contribution in [-0.2, 0) is 0 Å². The molecule has 6 nitrogen and oxygen atoms in total. The minimum absolute atomic E-state index is 0.0691. The maximum absolute atomic E-state index is 12.5. The number of nitrogens with zero attached hydrogens (tertiary/aromatic N) is 1. The molecule has 150 valence electrons. The van der Waals surface area contributed by atoms with Crippen LogP contribution in [0.15, 0.2) is 48.5 Å². The van der Waals surface area contributed by atoms with Gasteiger partial charge >= 0.3 is 6.03 Å². The fraction of sp³-hybridized carbons (Fsp3) is 0.273. The van der Waals surface area contributed by atoms with Crippen LogP contribution in [0.2, 0.25) is 5.02 Å². The highest BCUT2D eigenvalue weighted by Crippen LogP contribution is 2.21. The largest absolute Gasteiger partial charge is 0.350 e. The number of aromatic nitrogens is 1. The van der Waals surface area contributed by atoms with E-state index in [4.69, 9.17) is 11.6 Å². The summed E-state index contributed by atoms with van der Waals surface area (Å²) in [7, 11) is 0. The Balaban J connectivity index is 1.38. The van der Waals surface area contributed by atoms with Gasteiger partial charge in [-0.2, -0.15) is 0 Å². The summed E-state index contributed by atoms with van der Waals surface area (Å²) in [4.78, 5) is 29.9. The predicted molar refractivity (Wildman–Crippen MR) is 117 cm³/mol. The first-order valence-corrected chi connectivity index (χ1v) is 10.2. The van der Waals surface area contributed by atoms with Crippen LogP contribution in [0.5, 0.6) is 0 Å². The summed E-state index contributed by atoms with van der Waals surface area (Å²) in [5.74, 6) is -0.237. The van der Waals surface area contributed by atoms with Crippen LogP contribution in [0.3, 0.4) is 0 Å². The molecule has 1 aliphatic rings. The average Bonchev–Trinajstić information content (AvgIpc) is 2.94. The van der Waals surface area contributed by atoms with Crippen LogP contribution >= 0.6 is 11.6 Å². The zero-order valence-electron chi connectivity index (χ0n) is 16.0. The van der Waals surface area contributed by atoms with Gasteiger partial charge in [-0.15, -0.1) is 0 Å². The summed E-state index contributed by atoms with van der Waals surface area (Å²) in [6.45, 7) is 1.60. The Bertz CT molecular complexity index is 1020. The molecular formula is C22H23ClN4O2. The molecule has 1 aromatic heterocycles. The Labute approximate surface area is 174 Å². The third-order valence-corrected chi connectivity index (χ3v) is 5.35. The fourth-order valence-electron chi connectivity index (χ4n) is 3.53. The zero-order chi connectivity index (χ0) is 20.2. The molecule has 2 aromatic carbocycles. The minimum atomic E-state index is -0.237. The molecule has 29 heavy (non-hydrogen) atoms. The molecule has 0 unspecified atom stereocenters. The van der Waals surface area contributed by atoms with Gasteiger partial charge in [0.15, 0.2) is 0 Å². The molecule has 3 amide bonds. The van der Waals surface area contributed by atoms with E-state index in [1.807, 2.05) is 11.0 Å². The molecule has 0 aliphatic carbocycles. The number of rotatable bonds is 3. The van der Waals surface area contributed by atoms with Gasteiger partial charge in [0.05, 0.1) is 0 Å². The molecule has 0 radical (unpaired) electrons. The van der Waals surface area contributed by atoms with Gasteiger partial charge < -0.3 is 20.5 Å². The summed E-state index contributed by atoms with van der Waals surface area (Å²) in [5.41, 5.74) is 2.63. The van der Waals surface area contributed by atoms with Crippen LogP contribution in [0.4, 0.5) is 16.2 Å². The number of hydrogen-bond acceptors (Lipinski definition) is 2. The number of carbonyl (C=O) groups is 2. The van der Waals surface area contributed by atoms with Crippen molar-refractivity contribution < 1.29 is 9.59 Å². The van der Waals surface area contributed by atoms with E-state index in [2.05, 4.69) is 15.6 Å². The summed E-state index contributed by atoms with van der Waals surface area (Å²) >= 11 is 5.99. The number of aromatic amines is 1. The molecule has 3 aromatic rings. The summed E-state index contributed by atoms with van der Waals surface area (Å²) in [6.07, 6.45) is 4.47. The van der Waals surface area contributed by atoms with E-state index in [1.165, 1.54) is 12.8 Å². The van der Waals surface area contributed by atoms with Crippen LogP contribution in [-0.4, -0.2) is 34.9 Å². The van der Waals surface area contributed by atoms with Gasteiger partial charge in [-0.25, -0.2) is 4.79 Å². The van der Waals surface area contributed by atoms with Gasteiger partial charge in [0.25, 0.3) is 5.91 Å². The Morgan fingerprint density at radius 2 is 1.52 bits per heavy atom.